The Morgan fingerprint density at radius 1 is 1.19 bits per heavy atom. The van der Waals surface area contributed by atoms with E-state index in [2.05, 4.69) is 5.32 Å². The normalized spacial score (nSPS) is 9.95. The number of nitrogens with one attached hydrogen (secondary N) is 1. The Morgan fingerprint density at radius 2 is 1.81 bits per heavy atom. The van der Waals surface area contributed by atoms with Crippen molar-refractivity contribution >= 4 is 23.6 Å². The number of thioether (sulfide) groups is 1. The lowest BCUT2D eigenvalue weighted by Gasteiger charge is -2.08. The number of carboxylic acids is 1. The van der Waals surface area contributed by atoms with E-state index in [1.807, 2.05) is 6.92 Å². The molecule has 0 radical (unpaired) electrons. The highest BCUT2D eigenvalue weighted by Crippen LogP contribution is 2.17. The number of hydrogen-bond donors (Lipinski definition) is 2. The summed E-state index contributed by atoms with van der Waals surface area (Å²) in [6.45, 7) is 2.85. The molecule has 2 N–H and O–H groups in total. The minimum atomic E-state index is -0.856. The van der Waals surface area contributed by atoms with Crippen LogP contribution in [0.1, 0.15) is 6.92 Å². The highest BCUT2D eigenvalue weighted by molar-refractivity contribution is 7.99. The summed E-state index contributed by atoms with van der Waals surface area (Å²) in [4.78, 5) is 21.8. The first kappa shape index (κ1) is 17.2. The van der Waals surface area contributed by atoms with Gasteiger partial charge in [-0.15, -0.1) is 11.8 Å². The van der Waals surface area contributed by atoms with Gasteiger partial charge in [0, 0.05) is 12.3 Å². The largest absolute Gasteiger partial charge is 0.494 e. The van der Waals surface area contributed by atoms with Gasteiger partial charge in [0.15, 0.2) is 6.61 Å². The van der Waals surface area contributed by atoms with Gasteiger partial charge in [0.05, 0.1) is 12.4 Å². The molecule has 1 rings (SSSR count). The van der Waals surface area contributed by atoms with E-state index in [4.69, 9.17) is 14.6 Å². The lowest BCUT2D eigenvalue weighted by atomic mass is 10.3. The fraction of sp³-hybridized carbons (Fsp3) is 0.429. The molecule has 0 heterocycles. The first-order chi connectivity index (χ1) is 10.1. The molecule has 0 saturated carbocycles. The molecule has 0 aliphatic heterocycles. The minimum Gasteiger partial charge on any atom is -0.494 e. The third-order valence-electron chi connectivity index (χ3n) is 2.30. The molecule has 1 aromatic carbocycles. The van der Waals surface area contributed by atoms with E-state index in [0.29, 0.717) is 24.7 Å². The molecule has 0 aliphatic rings. The van der Waals surface area contributed by atoms with E-state index in [1.54, 1.807) is 24.3 Å². The number of carbonyl (C=O) groups excluding carboxylic acids is 1. The summed E-state index contributed by atoms with van der Waals surface area (Å²) in [6, 6.07) is 7.03. The lowest BCUT2D eigenvalue weighted by Crippen LogP contribution is -2.30. The van der Waals surface area contributed by atoms with Crippen molar-refractivity contribution in [2.45, 2.75) is 6.92 Å². The fourth-order valence-corrected chi connectivity index (χ4v) is 1.99. The van der Waals surface area contributed by atoms with Crippen molar-refractivity contribution in [1.82, 2.24) is 5.32 Å². The molecular weight excluding hydrogens is 294 g/mol. The smallest absolute Gasteiger partial charge is 0.313 e. The van der Waals surface area contributed by atoms with Crippen LogP contribution < -0.4 is 14.8 Å². The van der Waals surface area contributed by atoms with Gasteiger partial charge in [-0.05, 0) is 31.2 Å². The molecular formula is C14H19NO5S. The molecule has 21 heavy (non-hydrogen) atoms. The van der Waals surface area contributed by atoms with Gasteiger partial charge in [0.1, 0.15) is 11.5 Å². The first-order valence-corrected chi connectivity index (χ1v) is 7.69. The number of carbonyl (C=O) groups is 2. The number of benzene rings is 1. The molecule has 0 saturated heterocycles. The summed E-state index contributed by atoms with van der Waals surface area (Å²) in [5.74, 6) is 0.850. The highest BCUT2D eigenvalue weighted by atomic mass is 32.2. The van der Waals surface area contributed by atoms with Crippen LogP contribution in [0.3, 0.4) is 0 Å². The maximum Gasteiger partial charge on any atom is 0.313 e. The van der Waals surface area contributed by atoms with Gasteiger partial charge < -0.3 is 19.9 Å². The summed E-state index contributed by atoms with van der Waals surface area (Å²) in [6.07, 6.45) is 0. The monoisotopic (exact) mass is 313 g/mol. The van der Waals surface area contributed by atoms with Crippen molar-refractivity contribution in [3.8, 4) is 11.5 Å². The van der Waals surface area contributed by atoms with Crippen molar-refractivity contribution in [2.24, 2.45) is 0 Å². The maximum atomic E-state index is 11.5. The molecule has 116 valence electrons. The summed E-state index contributed by atoms with van der Waals surface area (Å²) < 4.78 is 10.6. The molecule has 0 fully saturated rings. The fourth-order valence-electron chi connectivity index (χ4n) is 1.42. The molecule has 6 nitrogen and oxygen atoms in total. The van der Waals surface area contributed by atoms with Gasteiger partial charge in [-0.2, -0.15) is 0 Å². The van der Waals surface area contributed by atoms with E-state index in [-0.39, 0.29) is 18.3 Å². The van der Waals surface area contributed by atoms with Crippen molar-refractivity contribution in [3.63, 3.8) is 0 Å². The average molecular weight is 313 g/mol. The predicted molar refractivity (Wildman–Crippen MR) is 81.1 cm³/mol. The molecule has 0 aliphatic carbocycles. The van der Waals surface area contributed by atoms with Crippen LogP contribution >= 0.6 is 11.8 Å². The number of rotatable bonds is 10. The number of ether oxygens (including phenoxy) is 2. The first-order valence-electron chi connectivity index (χ1n) is 6.53. The Morgan fingerprint density at radius 3 is 2.38 bits per heavy atom. The van der Waals surface area contributed by atoms with Crippen LogP contribution in [-0.4, -0.2) is 48.2 Å². The molecule has 0 atom stereocenters. The maximum absolute atomic E-state index is 11.5. The van der Waals surface area contributed by atoms with Crippen LogP contribution in [0.25, 0.3) is 0 Å². The third kappa shape index (κ3) is 8.09. The average Bonchev–Trinajstić information content (AvgIpc) is 2.46. The standard InChI is InChI=1S/C14H19NO5S/c1-2-19-11-3-5-12(6-4-11)20-9-13(16)15-7-8-21-10-14(17)18/h3-6H,2,7-10H2,1H3,(H,15,16)(H,17,18). The Hall–Kier alpha value is -1.89. The Kier molecular flexibility index (Phi) is 8.11. The minimum absolute atomic E-state index is 0.0402. The zero-order valence-electron chi connectivity index (χ0n) is 11.8. The van der Waals surface area contributed by atoms with Crippen molar-refractivity contribution in [1.29, 1.82) is 0 Å². The van der Waals surface area contributed by atoms with Crippen LogP contribution in [-0.2, 0) is 9.59 Å². The molecule has 0 aromatic heterocycles. The van der Waals surface area contributed by atoms with Gasteiger partial charge in [0.2, 0.25) is 0 Å². The topological polar surface area (TPSA) is 84.9 Å². The second-order valence-corrected chi connectivity index (χ2v) is 5.09. The van der Waals surface area contributed by atoms with Crippen molar-refractivity contribution < 1.29 is 24.2 Å². The van der Waals surface area contributed by atoms with E-state index < -0.39 is 5.97 Å². The van der Waals surface area contributed by atoms with Crippen molar-refractivity contribution in [3.05, 3.63) is 24.3 Å². The van der Waals surface area contributed by atoms with Gasteiger partial charge in [-0.1, -0.05) is 0 Å². The van der Waals surface area contributed by atoms with Crippen LogP contribution in [0.15, 0.2) is 24.3 Å². The SMILES string of the molecule is CCOc1ccc(OCC(=O)NCCSCC(=O)O)cc1. The molecule has 1 aromatic rings. The molecule has 0 unspecified atom stereocenters. The van der Waals surface area contributed by atoms with E-state index >= 15 is 0 Å². The Balaban J connectivity index is 2.16. The number of hydrogen-bond acceptors (Lipinski definition) is 5. The van der Waals surface area contributed by atoms with E-state index in [9.17, 15) is 9.59 Å². The predicted octanol–water partition coefficient (Wildman–Crippen LogP) is 1.40. The molecule has 0 bridgehead atoms. The molecule has 7 heteroatoms. The molecule has 1 amide bonds. The van der Waals surface area contributed by atoms with E-state index in [1.165, 1.54) is 11.8 Å². The second kappa shape index (κ2) is 9.93. The van der Waals surface area contributed by atoms with Gasteiger partial charge in [-0.25, -0.2) is 0 Å². The number of amides is 1. The summed E-state index contributed by atoms with van der Waals surface area (Å²) in [5, 5.41) is 11.1. The van der Waals surface area contributed by atoms with Crippen LogP contribution in [0, 0.1) is 0 Å². The van der Waals surface area contributed by atoms with Crippen LogP contribution in [0.5, 0.6) is 11.5 Å². The highest BCUT2D eigenvalue weighted by Gasteiger charge is 2.03. The third-order valence-corrected chi connectivity index (χ3v) is 3.24. The van der Waals surface area contributed by atoms with Crippen LogP contribution in [0.4, 0.5) is 0 Å². The number of aliphatic carboxylic acids is 1. The number of carboxylic acid groups (broad SMARTS) is 1. The molecule has 0 spiro atoms. The summed E-state index contributed by atoms with van der Waals surface area (Å²) in [5.41, 5.74) is 0. The quantitative estimate of drug-likeness (QED) is 0.635. The van der Waals surface area contributed by atoms with Gasteiger partial charge >= 0.3 is 5.97 Å². The van der Waals surface area contributed by atoms with E-state index in [0.717, 1.165) is 5.75 Å². The van der Waals surface area contributed by atoms with Gasteiger partial charge in [-0.3, -0.25) is 9.59 Å². The van der Waals surface area contributed by atoms with Gasteiger partial charge in [0.25, 0.3) is 5.91 Å². The van der Waals surface area contributed by atoms with Crippen LogP contribution in [0.2, 0.25) is 0 Å². The Labute approximate surface area is 127 Å². The lowest BCUT2D eigenvalue weighted by molar-refractivity contribution is -0.133. The van der Waals surface area contributed by atoms with Crippen molar-refractivity contribution in [2.75, 3.05) is 31.3 Å². The zero-order chi connectivity index (χ0) is 15.5. The summed E-state index contributed by atoms with van der Waals surface area (Å²) >= 11 is 1.26. The second-order valence-electron chi connectivity index (χ2n) is 3.99. The zero-order valence-corrected chi connectivity index (χ0v) is 12.6. The Bertz CT molecular complexity index is 449. The summed E-state index contributed by atoms with van der Waals surface area (Å²) in [7, 11) is 0.